The maximum Gasteiger partial charge on any atom is 0.278 e. The Morgan fingerprint density at radius 3 is 2.65 bits per heavy atom. The van der Waals surface area contributed by atoms with Gasteiger partial charge in [0.25, 0.3) is 5.91 Å². The summed E-state index contributed by atoms with van der Waals surface area (Å²) in [6.45, 7) is 8.06. The SMILES string of the molecule is Cc1ccc(NC(=O)c2nnn(Cc3nc(-c4ccccc4C)oc3C)c2C)c(Br)c1. The third-order valence-electron chi connectivity index (χ3n) is 5.14. The molecule has 4 aromatic rings. The van der Waals surface area contributed by atoms with Crippen LogP contribution in [0.3, 0.4) is 0 Å². The van der Waals surface area contributed by atoms with Crippen LogP contribution in [-0.2, 0) is 6.54 Å². The van der Waals surface area contributed by atoms with Crippen LogP contribution in [0.4, 0.5) is 5.69 Å². The van der Waals surface area contributed by atoms with Gasteiger partial charge in [0.15, 0.2) is 5.69 Å². The number of anilines is 1. The summed E-state index contributed by atoms with van der Waals surface area (Å²) in [6.07, 6.45) is 0. The standard InChI is InChI=1S/C23H22BrN5O2/c1-13-9-10-19(18(24)11-13)25-22(30)21-15(3)29(28-27-21)12-20-16(4)31-23(26-20)17-8-6-5-7-14(17)2/h5-11H,12H2,1-4H3,(H,25,30). The Labute approximate surface area is 188 Å². The molecule has 0 saturated heterocycles. The first-order valence-electron chi connectivity index (χ1n) is 9.83. The predicted octanol–water partition coefficient (Wildman–Crippen LogP) is 5.23. The summed E-state index contributed by atoms with van der Waals surface area (Å²) in [5.41, 5.74) is 5.50. The molecule has 1 amide bonds. The Kier molecular flexibility index (Phi) is 5.73. The summed E-state index contributed by atoms with van der Waals surface area (Å²) in [4.78, 5) is 17.4. The third-order valence-corrected chi connectivity index (χ3v) is 5.79. The number of amides is 1. The molecule has 8 heteroatoms. The molecule has 0 radical (unpaired) electrons. The molecule has 0 aliphatic rings. The molecule has 31 heavy (non-hydrogen) atoms. The zero-order valence-electron chi connectivity index (χ0n) is 17.7. The number of hydrogen-bond acceptors (Lipinski definition) is 5. The van der Waals surface area contributed by atoms with Crippen molar-refractivity contribution < 1.29 is 9.21 Å². The molecule has 0 bridgehead atoms. The summed E-state index contributed by atoms with van der Waals surface area (Å²) in [6, 6.07) is 13.7. The van der Waals surface area contributed by atoms with Gasteiger partial charge in [-0.25, -0.2) is 9.67 Å². The van der Waals surface area contributed by atoms with Crippen LogP contribution < -0.4 is 5.32 Å². The minimum atomic E-state index is -0.314. The minimum Gasteiger partial charge on any atom is -0.441 e. The molecule has 0 atom stereocenters. The molecular weight excluding hydrogens is 458 g/mol. The maximum absolute atomic E-state index is 12.7. The van der Waals surface area contributed by atoms with E-state index < -0.39 is 0 Å². The van der Waals surface area contributed by atoms with E-state index in [-0.39, 0.29) is 11.6 Å². The van der Waals surface area contributed by atoms with Crippen molar-refractivity contribution in [2.24, 2.45) is 0 Å². The van der Waals surface area contributed by atoms with Gasteiger partial charge >= 0.3 is 0 Å². The van der Waals surface area contributed by atoms with Crippen LogP contribution in [0, 0.1) is 27.7 Å². The van der Waals surface area contributed by atoms with Gasteiger partial charge in [-0.2, -0.15) is 0 Å². The van der Waals surface area contributed by atoms with Crippen molar-refractivity contribution in [2.75, 3.05) is 5.32 Å². The van der Waals surface area contributed by atoms with E-state index in [1.807, 2.05) is 70.2 Å². The molecule has 0 unspecified atom stereocenters. The van der Waals surface area contributed by atoms with Crippen molar-refractivity contribution in [1.29, 1.82) is 0 Å². The van der Waals surface area contributed by atoms with Crippen molar-refractivity contribution in [3.8, 4) is 11.5 Å². The van der Waals surface area contributed by atoms with E-state index in [1.54, 1.807) is 4.68 Å². The van der Waals surface area contributed by atoms with Crippen molar-refractivity contribution in [1.82, 2.24) is 20.0 Å². The quantitative estimate of drug-likeness (QED) is 0.423. The fourth-order valence-electron chi connectivity index (χ4n) is 3.27. The summed E-state index contributed by atoms with van der Waals surface area (Å²) in [5.74, 6) is 0.971. The first-order valence-corrected chi connectivity index (χ1v) is 10.6. The highest BCUT2D eigenvalue weighted by molar-refractivity contribution is 9.10. The fourth-order valence-corrected chi connectivity index (χ4v) is 3.86. The average Bonchev–Trinajstić information content (AvgIpc) is 3.27. The molecule has 0 saturated carbocycles. The van der Waals surface area contributed by atoms with Crippen LogP contribution in [0.1, 0.15) is 38.8 Å². The number of carbonyl (C=O) groups excluding carboxylic acids is 1. The van der Waals surface area contributed by atoms with E-state index >= 15 is 0 Å². The van der Waals surface area contributed by atoms with Gasteiger partial charge in [-0.05, 0) is 73.0 Å². The lowest BCUT2D eigenvalue weighted by atomic mass is 10.1. The molecule has 2 aromatic carbocycles. The molecule has 0 fully saturated rings. The summed E-state index contributed by atoms with van der Waals surface area (Å²) in [7, 11) is 0. The van der Waals surface area contributed by atoms with Gasteiger partial charge in [0.1, 0.15) is 11.5 Å². The Morgan fingerprint density at radius 1 is 1.13 bits per heavy atom. The molecule has 158 valence electrons. The summed E-state index contributed by atoms with van der Waals surface area (Å²) < 4.78 is 8.36. The lowest BCUT2D eigenvalue weighted by Crippen LogP contribution is -2.15. The monoisotopic (exact) mass is 479 g/mol. The van der Waals surface area contributed by atoms with Gasteiger partial charge in [-0.1, -0.05) is 29.5 Å². The van der Waals surface area contributed by atoms with Crippen LogP contribution in [0.15, 0.2) is 51.4 Å². The Balaban J connectivity index is 1.55. The zero-order valence-corrected chi connectivity index (χ0v) is 19.3. The van der Waals surface area contributed by atoms with E-state index in [0.29, 0.717) is 29.6 Å². The minimum absolute atomic E-state index is 0.271. The van der Waals surface area contributed by atoms with Crippen molar-refractivity contribution in [3.63, 3.8) is 0 Å². The lowest BCUT2D eigenvalue weighted by Gasteiger charge is -2.07. The molecule has 2 heterocycles. The van der Waals surface area contributed by atoms with Crippen LogP contribution in [0.5, 0.6) is 0 Å². The number of rotatable bonds is 5. The van der Waals surface area contributed by atoms with Crippen LogP contribution in [-0.4, -0.2) is 25.9 Å². The van der Waals surface area contributed by atoms with Gasteiger partial charge in [0, 0.05) is 10.0 Å². The van der Waals surface area contributed by atoms with Crippen LogP contribution in [0.25, 0.3) is 11.5 Å². The van der Waals surface area contributed by atoms with Gasteiger partial charge in [-0.15, -0.1) is 5.10 Å². The van der Waals surface area contributed by atoms with E-state index in [0.717, 1.165) is 26.9 Å². The first kappa shape index (κ1) is 21.0. The van der Waals surface area contributed by atoms with Crippen molar-refractivity contribution in [3.05, 3.63) is 80.9 Å². The predicted molar refractivity (Wildman–Crippen MR) is 122 cm³/mol. The number of carbonyl (C=O) groups is 1. The number of oxazole rings is 1. The van der Waals surface area contributed by atoms with Crippen LogP contribution in [0.2, 0.25) is 0 Å². The van der Waals surface area contributed by atoms with Crippen LogP contribution >= 0.6 is 15.9 Å². The van der Waals surface area contributed by atoms with E-state index in [9.17, 15) is 4.79 Å². The molecule has 7 nitrogen and oxygen atoms in total. The Morgan fingerprint density at radius 2 is 1.90 bits per heavy atom. The molecule has 2 aromatic heterocycles. The fraction of sp³-hybridized carbons (Fsp3) is 0.217. The summed E-state index contributed by atoms with van der Waals surface area (Å²) >= 11 is 3.48. The highest BCUT2D eigenvalue weighted by Gasteiger charge is 2.20. The van der Waals surface area contributed by atoms with Gasteiger partial charge < -0.3 is 9.73 Å². The summed E-state index contributed by atoms with van der Waals surface area (Å²) in [5, 5.41) is 11.1. The second kappa shape index (κ2) is 8.47. The number of benzene rings is 2. The zero-order chi connectivity index (χ0) is 22.1. The largest absolute Gasteiger partial charge is 0.441 e. The van der Waals surface area contributed by atoms with E-state index in [1.165, 1.54) is 0 Å². The van der Waals surface area contributed by atoms with E-state index in [2.05, 4.69) is 36.5 Å². The smallest absolute Gasteiger partial charge is 0.278 e. The molecule has 0 aliphatic carbocycles. The Bertz CT molecular complexity index is 1270. The lowest BCUT2D eigenvalue weighted by molar-refractivity contribution is 0.102. The van der Waals surface area contributed by atoms with Gasteiger partial charge in [0.2, 0.25) is 5.89 Å². The van der Waals surface area contributed by atoms with Gasteiger partial charge in [-0.3, -0.25) is 4.79 Å². The first-order chi connectivity index (χ1) is 14.8. The molecule has 0 spiro atoms. The molecular formula is C23H22BrN5O2. The van der Waals surface area contributed by atoms with Gasteiger partial charge in [0.05, 0.1) is 17.9 Å². The normalized spacial score (nSPS) is 11.0. The third kappa shape index (κ3) is 4.29. The number of hydrogen-bond donors (Lipinski definition) is 1. The average molecular weight is 480 g/mol. The molecule has 1 N–H and O–H groups in total. The number of aromatic nitrogens is 4. The molecule has 0 aliphatic heterocycles. The second-order valence-electron chi connectivity index (χ2n) is 7.46. The number of aryl methyl sites for hydroxylation is 3. The number of nitrogens with one attached hydrogen (secondary N) is 1. The second-order valence-corrected chi connectivity index (χ2v) is 8.31. The van der Waals surface area contributed by atoms with E-state index in [4.69, 9.17) is 4.42 Å². The highest BCUT2D eigenvalue weighted by Crippen LogP contribution is 2.26. The number of nitrogens with zero attached hydrogens (tertiary/aromatic N) is 4. The number of halogens is 1. The van der Waals surface area contributed by atoms with Crippen molar-refractivity contribution in [2.45, 2.75) is 34.2 Å². The Hall–Kier alpha value is -3.26. The topological polar surface area (TPSA) is 85.8 Å². The van der Waals surface area contributed by atoms with Crippen molar-refractivity contribution >= 4 is 27.5 Å². The maximum atomic E-state index is 12.7. The molecule has 4 rings (SSSR count). The highest BCUT2D eigenvalue weighted by atomic mass is 79.9.